The van der Waals surface area contributed by atoms with Crippen LogP contribution in [0, 0.1) is 0 Å². The van der Waals surface area contributed by atoms with E-state index in [0.717, 1.165) is 0 Å². The maximum atomic E-state index is 10.9. The van der Waals surface area contributed by atoms with E-state index >= 15 is 0 Å². The Kier molecular flexibility index (Phi) is 3.82. The van der Waals surface area contributed by atoms with Gasteiger partial charge in [0.05, 0.1) is 19.7 Å². The average molecular weight is 201 g/mol. The number of rotatable bonds is 4. The smallest absolute Gasteiger partial charge is 0.306 e. The van der Waals surface area contributed by atoms with Gasteiger partial charge in [-0.3, -0.25) is 4.79 Å². The normalized spacial score (nSPS) is 12.5. The van der Waals surface area contributed by atoms with Crippen LogP contribution in [-0.2, 0) is 9.53 Å². The summed E-state index contributed by atoms with van der Waals surface area (Å²) in [5.41, 5.74) is 0. The Balaban J connectivity index is 2.33. The van der Waals surface area contributed by atoms with Gasteiger partial charge in [-0.2, -0.15) is 0 Å². The van der Waals surface area contributed by atoms with Crippen LogP contribution >= 0.6 is 11.8 Å². The molecule has 0 saturated heterocycles. The maximum absolute atomic E-state index is 10.9. The lowest BCUT2D eigenvalue weighted by molar-refractivity contribution is -0.140. The third-order valence-electron chi connectivity index (χ3n) is 1.39. The van der Waals surface area contributed by atoms with Gasteiger partial charge in [0, 0.05) is 5.25 Å². The number of oxazole rings is 1. The average Bonchev–Trinajstić information content (AvgIpc) is 2.56. The van der Waals surface area contributed by atoms with Gasteiger partial charge in [0.2, 0.25) is 0 Å². The SMILES string of the molecule is COC(=O)CC(C)Sc1ncco1. The van der Waals surface area contributed by atoms with E-state index in [2.05, 4.69) is 9.72 Å². The van der Waals surface area contributed by atoms with Crippen molar-refractivity contribution in [1.29, 1.82) is 0 Å². The highest BCUT2D eigenvalue weighted by Gasteiger charge is 2.12. The first-order valence-electron chi connectivity index (χ1n) is 3.85. The number of ether oxygens (including phenoxy) is 1. The molecular weight excluding hydrogens is 190 g/mol. The van der Waals surface area contributed by atoms with Gasteiger partial charge in [-0.15, -0.1) is 0 Å². The summed E-state index contributed by atoms with van der Waals surface area (Å²) in [7, 11) is 1.38. The van der Waals surface area contributed by atoms with Crippen molar-refractivity contribution in [1.82, 2.24) is 4.98 Å². The number of carbonyl (C=O) groups is 1. The molecule has 1 rings (SSSR count). The van der Waals surface area contributed by atoms with Crippen molar-refractivity contribution in [2.45, 2.75) is 23.8 Å². The van der Waals surface area contributed by atoms with Crippen LogP contribution in [0.2, 0.25) is 0 Å². The van der Waals surface area contributed by atoms with E-state index in [1.165, 1.54) is 25.1 Å². The monoisotopic (exact) mass is 201 g/mol. The first kappa shape index (κ1) is 10.1. The Morgan fingerprint density at radius 2 is 2.62 bits per heavy atom. The van der Waals surface area contributed by atoms with Crippen LogP contribution < -0.4 is 0 Å². The molecular formula is C8H11NO3S. The highest BCUT2D eigenvalue weighted by atomic mass is 32.2. The van der Waals surface area contributed by atoms with Crippen molar-refractivity contribution in [3.05, 3.63) is 12.5 Å². The molecule has 1 heterocycles. The molecule has 1 aromatic heterocycles. The standard InChI is InChI=1S/C8H11NO3S/c1-6(5-7(10)11-2)13-8-9-3-4-12-8/h3-4,6H,5H2,1-2H3. The lowest BCUT2D eigenvalue weighted by Crippen LogP contribution is -2.08. The molecule has 0 aromatic carbocycles. The molecule has 0 amide bonds. The Hall–Kier alpha value is -0.970. The van der Waals surface area contributed by atoms with E-state index in [1.807, 2.05) is 6.92 Å². The van der Waals surface area contributed by atoms with Crippen molar-refractivity contribution in [3.8, 4) is 0 Å². The molecule has 1 unspecified atom stereocenters. The Morgan fingerprint density at radius 1 is 1.85 bits per heavy atom. The number of methoxy groups -OCH3 is 1. The van der Waals surface area contributed by atoms with E-state index in [9.17, 15) is 4.79 Å². The maximum Gasteiger partial charge on any atom is 0.306 e. The van der Waals surface area contributed by atoms with E-state index in [0.29, 0.717) is 11.6 Å². The number of thioether (sulfide) groups is 1. The zero-order chi connectivity index (χ0) is 9.68. The molecule has 1 atom stereocenters. The van der Waals surface area contributed by atoms with Crippen molar-refractivity contribution in [2.75, 3.05) is 7.11 Å². The second-order valence-corrected chi connectivity index (χ2v) is 3.90. The molecule has 0 radical (unpaired) electrons. The molecule has 0 saturated carbocycles. The summed E-state index contributed by atoms with van der Waals surface area (Å²) in [5, 5.41) is 0.697. The fourth-order valence-electron chi connectivity index (χ4n) is 0.800. The van der Waals surface area contributed by atoms with Gasteiger partial charge in [-0.25, -0.2) is 4.98 Å². The summed E-state index contributed by atoms with van der Waals surface area (Å²) < 4.78 is 9.56. The molecule has 0 aliphatic rings. The number of hydrogen-bond acceptors (Lipinski definition) is 5. The first-order valence-corrected chi connectivity index (χ1v) is 4.73. The summed E-state index contributed by atoms with van der Waals surface area (Å²) in [5.74, 6) is -0.216. The van der Waals surface area contributed by atoms with Crippen LogP contribution in [0.3, 0.4) is 0 Å². The zero-order valence-corrected chi connectivity index (χ0v) is 8.34. The largest absolute Gasteiger partial charge is 0.469 e. The van der Waals surface area contributed by atoms with E-state index in [1.54, 1.807) is 6.20 Å². The molecule has 0 N–H and O–H groups in total. The fourth-order valence-corrected chi connectivity index (χ4v) is 1.60. The Labute approximate surface area is 80.7 Å². The molecule has 1 aromatic rings. The van der Waals surface area contributed by atoms with Gasteiger partial charge in [0.15, 0.2) is 0 Å². The molecule has 13 heavy (non-hydrogen) atoms. The van der Waals surface area contributed by atoms with Gasteiger partial charge < -0.3 is 9.15 Å². The molecule has 4 nitrogen and oxygen atoms in total. The molecule has 0 aliphatic heterocycles. The topological polar surface area (TPSA) is 52.3 Å². The molecule has 0 bridgehead atoms. The van der Waals surface area contributed by atoms with Crippen LogP contribution in [0.15, 0.2) is 22.1 Å². The predicted octanol–water partition coefficient (Wildman–Crippen LogP) is 1.72. The summed E-state index contributed by atoms with van der Waals surface area (Å²) >= 11 is 1.42. The highest BCUT2D eigenvalue weighted by molar-refractivity contribution is 7.99. The van der Waals surface area contributed by atoms with Crippen molar-refractivity contribution < 1.29 is 13.9 Å². The molecule has 0 spiro atoms. The third-order valence-corrected chi connectivity index (χ3v) is 2.37. The minimum atomic E-state index is -0.216. The lowest BCUT2D eigenvalue weighted by Gasteiger charge is -2.05. The quantitative estimate of drug-likeness (QED) is 0.548. The molecule has 5 heteroatoms. The summed E-state index contributed by atoms with van der Waals surface area (Å²) in [6.07, 6.45) is 3.45. The Bertz CT molecular complexity index is 260. The van der Waals surface area contributed by atoms with E-state index in [4.69, 9.17) is 4.42 Å². The molecule has 0 aliphatic carbocycles. The van der Waals surface area contributed by atoms with Crippen LogP contribution in [0.25, 0.3) is 0 Å². The number of carbonyl (C=O) groups excluding carboxylic acids is 1. The Morgan fingerprint density at radius 3 is 3.15 bits per heavy atom. The number of esters is 1. The molecule has 0 fully saturated rings. The number of nitrogens with zero attached hydrogens (tertiary/aromatic N) is 1. The van der Waals surface area contributed by atoms with Gasteiger partial charge >= 0.3 is 5.97 Å². The summed E-state index contributed by atoms with van der Waals surface area (Å²) in [6, 6.07) is 0. The third kappa shape index (κ3) is 3.50. The van der Waals surface area contributed by atoms with Crippen molar-refractivity contribution >= 4 is 17.7 Å². The van der Waals surface area contributed by atoms with Gasteiger partial charge in [-0.1, -0.05) is 18.7 Å². The number of hydrogen-bond donors (Lipinski definition) is 0. The minimum Gasteiger partial charge on any atom is -0.469 e. The van der Waals surface area contributed by atoms with Crippen LogP contribution in [0.4, 0.5) is 0 Å². The van der Waals surface area contributed by atoms with E-state index in [-0.39, 0.29) is 11.2 Å². The first-order chi connectivity index (χ1) is 6.22. The second kappa shape index (κ2) is 4.91. The van der Waals surface area contributed by atoms with E-state index < -0.39 is 0 Å². The van der Waals surface area contributed by atoms with Crippen LogP contribution in [-0.4, -0.2) is 23.3 Å². The van der Waals surface area contributed by atoms with Crippen LogP contribution in [0.1, 0.15) is 13.3 Å². The van der Waals surface area contributed by atoms with Crippen molar-refractivity contribution in [2.24, 2.45) is 0 Å². The second-order valence-electron chi connectivity index (χ2n) is 2.51. The summed E-state index contributed by atoms with van der Waals surface area (Å²) in [6.45, 7) is 1.92. The van der Waals surface area contributed by atoms with Gasteiger partial charge in [0.25, 0.3) is 5.22 Å². The molecule has 72 valence electrons. The predicted molar refractivity (Wildman–Crippen MR) is 48.5 cm³/mol. The fraction of sp³-hybridized carbons (Fsp3) is 0.500. The van der Waals surface area contributed by atoms with Crippen molar-refractivity contribution in [3.63, 3.8) is 0 Å². The van der Waals surface area contributed by atoms with Gasteiger partial charge in [0.1, 0.15) is 6.26 Å². The zero-order valence-electron chi connectivity index (χ0n) is 7.52. The van der Waals surface area contributed by atoms with Crippen LogP contribution in [0.5, 0.6) is 0 Å². The summed E-state index contributed by atoms with van der Waals surface area (Å²) in [4.78, 5) is 14.8. The van der Waals surface area contributed by atoms with Gasteiger partial charge in [-0.05, 0) is 0 Å². The lowest BCUT2D eigenvalue weighted by atomic mass is 10.3. The number of aromatic nitrogens is 1. The minimum absolute atomic E-state index is 0.117. The highest BCUT2D eigenvalue weighted by Crippen LogP contribution is 2.23.